The molecule has 2 nitrogen and oxygen atoms in total. The highest BCUT2D eigenvalue weighted by Crippen LogP contribution is 2.40. The quantitative estimate of drug-likeness (QED) is 0.845. The van der Waals surface area contributed by atoms with E-state index in [9.17, 15) is 0 Å². The predicted octanol–water partition coefficient (Wildman–Crippen LogP) is 4.10. The topological polar surface area (TPSA) is 24.9 Å². The second-order valence-corrected chi connectivity index (χ2v) is 5.70. The normalized spacial score (nSPS) is 17.8. The van der Waals surface area contributed by atoms with Crippen LogP contribution in [0, 0.1) is 0 Å². The van der Waals surface area contributed by atoms with Crippen molar-refractivity contribution in [3.63, 3.8) is 0 Å². The van der Waals surface area contributed by atoms with Gasteiger partial charge in [-0.15, -0.1) is 11.8 Å². The maximum Gasteiger partial charge on any atom is 0.129 e. The van der Waals surface area contributed by atoms with Crippen molar-refractivity contribution in [1.82, 2.24) is 4.98 Å². The van der Waals surface area contributed by atoms with E-state index in [1.807, 2.05) is 23.9 Å². The minimum absolute atomic E-state index is 0.372. The number of pyridine rings is 1. The van der Waals surface area contributed by atoms with Gasteiger partial charge in [0.15, 0.2) is 0 Å². The molecule has 0 bridgehead atoms. The summed E-state index contributed by atoms with van der Waals surface area (Å²) in [6, 6.07) is 12.9. The molecule has 1 atom stereocenters. The number of anilines is 1. The first kappa shape index (κ1) is 11.1. The lowest BCUT2D eigenvalue weighted by atomic mass is 10.1. The molecule has 1 N–H and O–H groups in total. The van der Waals surface area contributed by atoms with Crippen LogP contribution < -0.4 is 5.32 Å². The van der Waals surface area contributed by atoms with Gasteiger partial charge in [-0.25, -0.2) is 4.98 Å². The van der Waals surface area contributed by atoms with E-state index in [-0.39, 0.29) is 0 Å². The summed E-state index contributed by atoms with van der Waals surface area (Å²) in [5.74, 6) is 1.07. The summed E-state index contributed by atoms with van der Waals surface area (Å²) < 4.78 is 0.870. The molecule has 1 unspecified atom stereocenters. The smallest absolute Gasteiger partial charge is 0.129 e. The summed E-state index contributed by atoms with van der Waals surface area (Å²) in [7, 11) is 0. The molecule has 2 heterocycles. The molecule has 1 aliphatic heterocycles. The van der Waals surface area contributed by atoms with E-state index in [0.29, 0.717) is 6.04 Å². The molecule has 0 saturated heterocycles. The molecule has 3 rings (SSSR count). The average Bonchev–Trinajstić information content (AvgIpc) is 2.76. The van der Waals surface area contributed by atoms with E-state index in [2.05, 4.69) is 50.5 Å². The Morgan fingerprint density at radius 3 is 3.00 bits per heavy atom. The zero-order valence-corrected chi connectivity index (χ0v) is 11.5. The highest BCUT2D eigenvalue weighted by molar-refractivity contribution is 9.10. The summed E-state index contributed by atoms with van der Waals surface area (Å²) in [6.45, 7) is 0. The Balaban J connectivity index is 1.87. The fraction of sp³-hybridized carbons (Fsp3) is 0.154. The highest BCUT2D eigenvalue weighted by Gasteiger charge is 2.22. The molecule has 0 fully saturated rings. The van der Waals surface area contributed by atoms with Crippen molar-refractivity contribution in [2.45, 2.75) is 10.9 Å². The zero-order chi connectivity index (χ0) is 11.7. The Kier molecular flexibility index (Phi) is 3.07. The van der Waals surface area contributed by atoms with Crippen molar-refractivity contribution in [3.05, 3.63) is 52.8 Å². The van der Waals surface area contributed by atoms with Gasteiger partial charge in [0.2, 0.25) is 0 Å². The lowest BCUT2D eigenvalue weighted by Crippen LogP contribution is -2.10. The van der Waals surface area contributed by atoms with Crippen LogP contribution in [0.15, 0.2) is 52.1 Å². The molecule has 86 valence electrons. The van der Waals surface area contributed by atoms with Crippen molar-refractivity contribution in [3.8, 4) is 0 Å². The van der Waals surface area contributed by atoms with Crippen LogP contribution in [0.4, 0.5) is 5.69 Å². The average molecular weight is 307 g/mol. The van der Waals surface area contributed by atoms with Crippen molar-refractivity contribution >= 4 is 33.4 Å². The Morgan fingerprint density at radius 1 is 1.24 bits per heavy atom. The molecule has 17 heavy (non-hydrogen) atoms. The number of hydrogen-bond donors (Lipinski definition) is 1. The van der Waals surface area contributed by atoms with Gasteiger partial charge in [0, 0.05) is 16.8 Å². The molecular weight excluding hydrogens is 296 g/mol. The summed E-state index contributed by atoms with van der Waals surface area (Å²) in [5, 5.41) is 3.54. The summed E-state index contributed by atoms with van der Waals surface area (Å²) in [6.07, 6.45) is 1.78. The van der Waals surface area contributed by atoms with Gasteiger partial charge in [-0.1, -0.05) is 18.2 Å². The van der Waals surface area contributed by atoms with E-state index in [1.54, 1.807) is 6.20 Å². The predicted molar refractivity (Wildman–Crippen MR) is 75.5 cm³/mol. The van der Waals surface area contributed by atoms with Crippen molar-refractivity contribution < 1.29 is 0 Å². The van der Waals surface area contributed by atoms with Crippen LogP contribution in [0.2, 0.25) is 0 Å². The van der Waals surface area contributed by atoms with Gasteiger partial charge in [-0.3, -0.25) is 0 Å². The Labute approximate surface area is 113 Å². The first-order chi connectivity index (χ1) is 8.34. The van der Waals surface area contributed by atoms with Gasteiger partial charge in [0.25, 0.3) is 0 Å². The molecule has 0 saturated carbocycles. The molecule has 0 aliphatic carbocycles. The number of nitrogens with one attached hydrogen (secondary N) is 1. The van der Waals surface area contributed by atoms with Crippen LogP contribution in [0.3, 0.4) is 0 Å². The minimum atomic E-state index is 0.372. The molecule has 1 aromatic carbocycles. The van der Waals surface area contributed by atoms with Crippen LogP contribution in [-0.4, -0.2) is 10.7 Å². The molecule has 1 aromatic heterocycles. The van der Waals surface area contributed by atoms with E-state index in [1.165, 1.54) is 10.5 Å². The van der Waals surface area contributed by atoms with Gasteiger partial charge in [0.05, 0.1) is 11.7 Å². The Bertz CT molecular complexity index is 544. The molecular formula is C13H11BrN2S. The molecule has 0 radical (unpaired) electrons. The van der Waals surface area contributed by atoms with E-state index in [4.69, 9.17) is 0 Å². The maximum absolute atomic E-state index is 4.22. The second kappa shape index (κ2) is 4.70. The van der Waals surface area contributed by atoms with E-state index < -0.39 is 0 Å². The monoisotopic (exact) mass is 306 g/mol. The maximum atomic E-state index is 4.22. The number of fused-ring (bicyclic) bond motifs is 1. The number of nitrogens with zero attached hydrogens (tertiary/aromatic N) is 1. The third-order valence-electron chi connectivity index (χ3n) is 2.79. The van der Waals surface area contributed by atoms with Crippen LogP contribution in [-0.2, 0) is 0 Å². The first-order valence-corrected chi connectivity index (χ1v) is 7.21. The second-order valence-electron chi connectivity index (χ2n) is 3.89. The number of hydrogen-bond acceptors (Lipinski definition) is 3. The van der Waals surface area contributed by atoms with Gasteiger partial charge in [-0.05, 0) is 39.7 Å². The van der Waals surface area contributed by atoms with Crippen molar-refractivity contribution in [2.24, 2.45) is 0 Å². The fourth-order valence-corrected chi connectivity index (χ4v) is 3.49. The summed E-state index contributed by atoms with van der Waals surface area (Å²) in [4.78, 5) is 5.60. The Morgan fingerprint density at radius 2 is 2.12 bits per heavy atom. The molecule has 4 heteroatoms. The number of aromatic nitrogens is 1. The molecule has 1 aliphatic rings. The highest BCUT2D eigenvalue weighted by atomic mass is 79.9. The Hall–Kier alpha value is -1.00. The SMILES string of the molecule is Brc1ncccc1NC1CSc2ccccc21. The van der Waals surface area contributed by atoms with Gasteiger partial charge in [-0.2, -0.15) is 0 Å². The van der Waals surface area contributed by atoms with E-state index in [0.717, 1.165) is 16.0 Å². The molecule has 2 aromatic rings. The van der Waals surface area contributed by atoms with Crippen molar-refractivity contribution in [2.75, 3.05) is 11.1 Å². The number of thioether (sulfide) groups is 1. The van der Waals surface area contributed by atoms with Crippen LogP contribution in [0.25, 0.3) is 0 Å². The summed E-state index contributed by atoms with van der Waals surface area (Å²) >= 11 is 5.37. The molecule has 0 spiro atoms. The van der Waals surface area contributed by atoms with E-state index >= 15 is 0 Å². The number of rotatable bonds is 2. The lowest BCUT2D eigenvalue weighted by molar-refractivity contribution is 0.896. The van der Waals surface area contributed by atoms with Gasteiger partial charge in [0.1, 0.15) is 4.60 Å². The largest absolute Gasteiger partial charge is 0.375 e. The first-order valence-electron chi connectivity index (χ1n) is 5.43. The van der Waals surface area contributed by atoms with Gasteiger partial charge >= 0.3 is 0 Å². The van der Waals surface area contributed by atoms with Crippen LogP contribution in [0.5, 0.6) is 0 Å². The van der Waals surface area contributed by atoms with Gasteiger partial charge < -0.3 is 5.32 Å². The molecule has 0 amide bonds. The van der Waals surface area contributed by atoms with Crippen LogP contribution >= 0.6 is 27.7 Å². The lowest BCUT2D eigenvalue weighted by Gasteiger charge is -2.15. The third kappa shape index (κ3) is 2.19. The minimum Gasteiger partial charge on any atom is -0.375 e. The summed E-state index contributed by atoms with van der Waals surface area (Å²) in [5.41, 5.74) is 2.43. The standard InChI is InChI=1S/C13H11BrN2S/c14-13-10(5-3-7-15-13)16-11-8-17-12-6-2-1-4-9(11)12/h1-7,11,16H,8H2. The van der Waals surface area contributed by atoms with Crippen molar-refractivity contribution in [1.29, 1.82) is 0 Å². The van der Waals surface area contributed by atoms with Crippen LogP contribution in [0.1, 0.15) is 11.6 Å². The number of halogens is 1. The third-order valence-corrected chi connectivity index (χ3v) is 4.60. The fourth-order valence-electron chi connectivity index (χ4n) is 1.96. The zero-order valence-electron chi connectivity index (χ0n) is 9.06. The number of benzene rings is 1.